The van der Waals surface area contributed by atoms with E-state index in [1.807, 2.05) is 13.8 Å². The maximum absolute atomic E-state index is 12.8. The number of anilines is 1. The second kappa shape index (κ2) is 8.38. The second-order valence-corrected chi connectivity index (χ2v) is 8.00. The van der Waals surface area contributed by atoms with Gasteiger partial charge in [0, 0.05) is 18.1 Å². The first kappa shape index (κ1) is 20.0. The Kier molecular flexibility index (Phi) is 6.45. The van der Waals surface area contributed by atoms with E-state index in [2.05, 4.69) is 11.3 Å². The lowest BCUT2D eigenvalue weighted by Crippen LogP contribution is -2.33. The van der Waals surface area contributed by atoms with Crippen molar-refractivity contribution in [3.63, 3.8) is 0 Å². The summed E-state index contributed by atoms with van der Waals surface area (Å²) < 4.78 is 27.7. The molecule has 0 aliphatic heterocycles. The molecule has 0 atom stereocenters. The number of amides is 1. The number of halogens is 1. The quantitative estimate of drug-likeness (QED) is 0.719. The molecule has 0 unspecified atom stereocenters. The van der Waals surface area contributed by atoms with Crippen molar-refractivity contribution in [3.8, 4) is 0 Å². The lowest BCUT2D eigenvalue weighted by atomic mass is 10.1. The summed E-state index contributed by atoms with van der Waals surface area (Å²) >= 11 is 5.81. The van der Waals surface area contributed by atoms with E-state index in [0.29, 0.717) is 18.1 Å². The first-order valence-corrected chi connectivity index (χ1v) is 9.91. The molecule has 0 aromatic heterocycles. The number of benzene rings is 2. The monoisotopic (exact) mass is 392 g/mol. The molecule has 0 spiro atoms. The van der Waals surface area contributed by atoms with Crippen molar-refractivity contribution in [2.24, 2.45) is 0 Å². The highest BCUT2D eigenvalue weighted by Crippen LogP contribution is 2.22. The van der Waals surface area contributed by atoms with Gasteiger partial charge >= 0.3 is 0 Å². The highest BCUT2D eigenvalue weighted by Gasteiger charge is 2.21. The number of nitrogens with one attached hydrogen (secondary N) is 1. The number of rotatable bonds is 7. The van der Waals surface area contributed by atoms with Gasteiger partial charge in [-0.05, 0) is 50.2 Å². The number of para-hydroxylation sites is 1. The average molecular weight is 393 g/mol. The first-order chi connectivity index (χ1) is 12.2. The summed E-state index contributed by atoms with van der Waals surface area (Å²) in [6.45, 7) is 8.43. The minimum Gasteiger partial charge on any atom is -0.335 e. The maximum Gasteiger partial charge on any atom is 0.261 e. The predicted octanol–water partition coefficient (Wildman–Crippen LogP) is 4.18. The van der Waals surface area contributed by atoms with Crippen LogP contribution in [0.5, 0.6) is 0 Å². The molecule has 1 amide bonds. The minimum absolute atomic E-state index is 0.0680. The summed E-state index contributed by atoms with van der Waals surface area (Å²) in [5.74, 6) is -0.259. The number of sulfonamides is 1. The highest BCUT2D eigenvalue weighted by molar-refractivity contribution is 7.92. The third kappa shape index (κ3) is 4.86. The van der Waals surface area contributed by atoms with Crippen LogP contribution >= 0.6 is 11.6 Å². The topological polar surface area (TPSA) is 66.5 Å². The van der Waals surface area contributed by atoms with Crippen molar-refractivity contribution >= 4 is 33.2 Å². The Morgan fingerprint density at radius 3 is 2.35 bits per heavy atom. The molecule has 2 aromatic carbocycles. The minimum atomic E-state index is -3.84. The zero-order valence-corrected chi connectivity index (χ0v) is 16.3. The number of nitrogens with zero attached hydrogens (tertiary/aromatic N) is 1. The van der Waals surface area contributed by atoms with E-state index < -0.39 is 10.0 Å². The van der Waals surface area contributed by atoms with E-state index in [-0.39, 0.29) is 22.1 Å². The van der Waals surface area contributed by atoms with Crippen molar-refractivity contribution in [3.05, 3.63) is 71.3 Å². The largest absolute Gasteiger partial charge is 0.335 e. The molecule has 2 aromatic rings. The Bertz CT molecular complexity index is 909. The van der Waals surface area contributed by atoms with Crippen LogP contribution in [0.25, 0.3) is 0 Å². The van der Waals surface area contributed by atoms with E-state index in [1.165, 1.54) is 24.3 Å². The highest BCUT2D eigenvalue weighted by atomic mass is 35.5. The van der Waals surface area contributed by atoms with Crippen LogP contribution in [0.1, 0.15) is 24.2 Å². The van der Waals surface area contributed by atoms with Crippen LogP contribution in [0.3, 0.4) is 0 Å². The van der Waals surface area contributed by atoms with Crippen LogP contribution in [-0.2, 0) is 10.0 Å². The van der Waals surface area contributed by atoms with Crippen molar-refractivity contribution in [1.82, 2.24) is 4.90 Å². The van der Waals surface area contributed by atoms with Gasteiger partial charge in [0.1, 0.15) is 0 Å². The molecule has 0 aliphatic carbocycles. The number of carbonyl (C=O) groups is 1. The Labute approximate surface area is 159 Å². The fourth-order valence-electron chi connectivity index (χ4n) is 2.40. The van der Waals surface area contributed by atoms with Gasteiger partial charge in [-0.1, -0.05) is 35.9 Å². The lowest BCUT2D eigenvalue weighted by molar-refractivity contribution is 0.0779. The zero-order valence-electron chi connectivity index (χ0n) is 14.7. The summed E-state index contributed by atoms with van der Waals surface area (Å²) in [6.07, 6.45) is 0. The van der Waals surface area contributed by atoms with E-state index >= 15 is 0 Å². The molecule has 0 aliphatic rings. The van der Waals surface area contributed by atoms with E-state index in [9.17, 15) is 13.2 Å². The number of hydrogen-bond donors (Lipinski definition) is 1. The van der Waals surface area contributed by atoms with Crippen LogP contribution in [-0.4, -0.2) is 32.3 Å². The molecule has 0 heterocycles. The summed E-state index contributed by atoms with van der Waals surface area (Å²) in [4.78, 5) is 14.5. The fourth-order valence-corrected chi connectivity index (χ4v) is 3.61. The van der Waals surface area contributed by atoms with Crippen LogP contribution < -0.4 is 4.72 Å². The van der Waals surface area contributed by atoms with Gasteiger partial charge in [0.05, 0.1) is 16.1 Å². The molecule has 2 rings (SSSR count). The molecule has 0 bridgehead atoms. The second-order valence-electron chi connectivity index (χ2n) is 5.88. The molecule has 138 valence electrons. The Balaban J connectivity index is 2.35. The maximum atomic E-state index is 12.8. The van der Waals surface area contributed by atoms with Crippen LogP contribution in [0.15, 0.2) is 65.6 Å². The first-order valence-electron chi connectivity index (χ1n) is 8.05. The van der Waals surface area contributed by atoms with Gasteiger partial charge in [0.2, 0.25) is 0 Å². The van der Waals surface area contributed by atoms with Crippen molar-refractivity contribution in [2.45, 2.75) is 18.7 Å². The SMILES string of the molecule is C=C(C)CN(CC)C(=O)c1ccccc1NS(=O)(=O)c1ccc(Cl)cc1. The molecule has 0 fully saturated rings. The zero-order chi connectivity index (χ0) is 19.3. The smallest absolute Gasteiger partial charge is 0.261 e. The summed E-state index contributed by atoms with van der Waals surface area (Å²) in [6, 6.07) is 12.4. The molecule has 0 saturated heterocycles. The van der Waals surface area contributed by atoms with Gasteiger partial charge in [-0.3, -0.25) is 9.52 Å². The molecule has 26 heavy (non-hydrogen) atoms. The van der Waals surface area contributed by atoms with Crippen molar-refractivity contribution in [1.29, 1.82) is 0 Å². The standard InChI is InChI=1S/C19H21ClN2O3S/c1-4-22(13-14(2)3)19(23)17-7-5-6-8-18(17)21-26(24,25)16-11-9-15(20)10-12-16/h5-12,21H,2,4,13H2,1,3H3. The normalized spacial score (nSPS) is 11.0. The number of likely N-dealkylation sites (N-methyl/N-ethyl adjacent to an activating group) is 1. The lowest BCUT2D eigenvalue weighted by Gasteiger charge is -2.22. The molecular weight excluding hydrogens is 372 g/mol. The molecule has 7 heteroatoms. The number of hydrogen-bond acceptors (Lipinski definition) is 3. The Hall–Kier alpha value is -2.31. The van der Waals surface area contributed by atoms with E-state index in [4.69, 9.17) is 11.6 Å². The molecular formula is C19H21ClN2O3S. The van der Waals surface area contributed by atoms with Crippen molar-refractivity contribution in [2.75, 3.05) is 17.8 Å². The predicted molar refractivity (Wildman–Crippen MR) is 105 cm³/mol. The van der Waals surface area contributed by atoms with Crippen molar-refractivity contribution < 1.29 is 13.2 Å². The Morgan fingerprint density at radius 2 is 1.77 bits per heavy atom. The van der Waals surface area contributed by atoms with Crippen LogP contribution in [0.4, 0.5) is 5.69 Å². The van der Waals surface area contributed by atoms with Gasteiger partial charge in [-0.25, -0.2) is 8.42 Å². The van der Waals surface area contributed by atoms with E-state index in [0.717, 1.165) is 5.57 Å². The van der Waals surface area contributed by atoms with E-state index in [1.54, 1.807) is 29.2 Å². The number of carbonyl (C=O) groups excluding carboxylic acids is 1. The fraction of sp³-hybridized carbons (Fsp3) is 0.211. The molecule has 1 N–H and O–H groups in total. The van der Waals surface area contributed by atoms with Crippen LogP contribution in [0, 0.1) is 0 Å². The Morgan fingerprint density at radius 1 is 1.15 bits per heavy atom. The third-order valence-electron chi connectivity index (χ3n) is 3.66. The molecule has 5 nitrogen and oxygen atoms in total. The summed E-state index contributed by atoms with van der Waals surface area (Å²) in [5.41, 5.74) is 1.36. The van der Waals surface area contributed by atoms with Crippen LogP contribution in [0.2, 0.25) is 5.02 Å². The van der Waals surface area contributed by atoms with Gasteiger partial charge < -0.3 is 4.90 Å². The van der Waals surface area contributed by atoms with Gasteiger partial charge in [-0.15, -0.1) is 0 Å². The third-order valence-corrected chi connectivity index (χ3v) is 5.29. The van der Waals surface area contributed by atoms with Gasteiger partial charge in [-0.2, -0.15) is 0 Å². The summed E-state index contributed by atoms with van der Waals surface area (Å²) in [7, 11) is -3.84. The van der Waals surface area contributed by atoms with Gasteiger partial charge in [0.25, 0.3) is 15.9 Å². The summed E-state index contributed by atoms with van der Waals surface area (Å²) in [5, 5.41) is 0.443. The molecule has 0 radical (unpaired) electrons. The van der Waals surface area contributed by atoms with Gasteiger partial charge in [0.15, 0.2) is 0 Å². The average Bonchev–Trinajstić information content (AvgIpc) is 2.59. The molecule has 0 saturated carbocycles.